The van der Waals surface area contributed by atoms with Crippen molar-refractivity contribution in [3.8, 4) is 0 Å². The summed E-state index contributed by atoms with van der Waals surface area (Å²) in [5.41, 5.74) is 1.11. The summed E-state index contributed by atoms with van der Waals surface area (Å²) < 4.78 is 7.04. The number of nitro groups is 1. The molecule has 1 saturated heterocycles. The minimum atomic E-state index is -0.964. The molecule has 1 N–H and O–H groups in total. The quantitative estimate of drug-likeness (QED) is 0.630. The molecule has 2 atom stereocenters. The van der Waals surface area contributed by atoms with E-state index in [4.69, 9.17) is 9.84 Å². The van der Waals surface area contributed by atoms with Crippen LogP contribution in [0.15, 0.2) is 0 Å². The Morgan fingerprint density at radius 3 is 2.67 bits per heavy atom. The average Bonchev–Trinajstić information content (AvgIpc) is 3.03. The van der Waals surface area contributed by atoms with Crippen LogP contribution in [0, 0.1) is 10.1 Å². The molecule has 2 rings (SSSR count). The highest BCUT2D eigenvalue weighted by atomic mass is 16.6. The maximum absolute atomic E-state index is 11.2. The Hall–Kier alpha value is -1.96. The van der Waals surface area contributed by atoms with Crippen LogP contribution in [0.2, 0.25) is 0 Å². The lowest BCUT2D eigenvalue weighted by Crippen LogP contribution is -2.23. The smallest absolute Gasteiger partial charge is 0.332 e. The second-order valence-corrected chi connectivity index (χ2v) is 5.05. The molecule has 1 aromatic rings. The molecule has 0 aromatic carbocycles. The van der Waals surface area contributed by atoms with Gasteiger partial charge in [-0.3, -0.25) is 14.8 Å². The van der Waals surface area contributed by atoms with E-state index >= 15 is 0 Å². The summed E-state index contributed by atoms with van der Waals surface area (Å²) >= 11 is 0. The van der Waals surface area contributed by atoms with Crippen LogP contribution in [0.4, 0.5) is 5.69 Å². The van der Waals surface area contributed by atoms with E-state index in [1.54, 1.807) is 4.68 Å². The number of carbonyl (C=O) groups is 1. The third-order valence-corrected chi connectivity index (χ3v) is 3.71. The van der Waals surface area contributed by atoms with E-state index < -0.39 is 17.0 Å². The highest BCUT2D eigenvalue weighted by Gasteiger charge is 2.33. The topological polar surface area (TPSA) is 107 Å². The maximum Gasteiger partial charge on any atom is 0.332 e. The Morgan fingerprint density at radius 1 is 1.48 bits per heavy atom. The Balaban J connectivity index is 2.21. The van der Waals surface area contributed by atoms with Gasteiger partial charge in [-0.05, 0) is 25.7 Å². The van der Waals surface area contributed by atoms with Crippen molar-refractivity contribution in [2.24, 2.45) is 0 Å². The summed E-state index contributed by atoms with van der Waals surface area (Å²) in [4.78, 5) is 21.7. The molecule has 8 nitrogen and oxygen atoms in total. The minimum absolute atomic E-state index is 0.0766. The van der Waals surface area contributed by atoms with Gasteiger partial charge in [0.2, 0.25) is 0 Å². The van der Waals surface area contributed by atoms with Gasteiger partial charge in [0.15, 0.2) is 6.10 Å². The molecule has 2 heterocycles. The number of carboxylic acid groups (broad SMARTS) is 1. The van der Waals surface area contributed by atoms with Gasteiger partial charge in [-0.1, -0.05) is 13.8 Å². The van der Waals surface area contributed by atoms with E-state index in [0.29, 0.717) is 43.6 Å². The number of aryl methyl sites for hydroxylation is 1. The van der Waals surface area contributed by atoms with Crippen LogP contribution < -0.4 is 0 Å². The molecule has 1 aliphatic heterocycles. The Bertz CT molecular complexity index is 554. The predicted molar refractivity (Wildman–Crippen MR) is 73.2 cm³/mol. The number of hydrogen-bond donors (Lipinski definition) is 1. The van der Waals surface area contributed by atoms with E-state index in [1.165, 1.54) is 0 Å². The molecule has 116 valence electrons. The fraction of sp³-hybridized carbons (Fsp3) is 0.692. The van der Waals surface area contributed by atoms with Crippen molar-refractivity contribution in [3.63, 3.8) is 0 Å². The molecule has 1 aliphatic rings. The molecule has 8 heteroatoms. The number of hydrogen-bond acceptors (Lipinski definition) is 5. The van der Waals surface area contributed by atoms with Crippen molar-refractivity contribution in [2.75, 3.05) is 0 Å². The summed E-state index contributed by atoms with van der Waals surface area (Å²) in [5.74, 6) is -0.964. The zero-order chi connectivity index (χ0) is 15.6. The highest BCUT2D eigenvalue weighted by molar-refractivity contribution is 5.72. The van der Waals surface area contributed by atoms with Crippen molar-refractivity contribution in [3.05, 3.63) is 21.5 Å². The third kappa shape index (κ3) is 3.05. The summed E-state index contributed by atoms with van der Waals surface area (Å²) in [6.45, 7) is 4.02. The lowest BCUT2D eigenvalue weighted by Gasteiger charge is -2.12. The minimum Gasteiger partial charge on any atom is -0.479 e. The second-order valence-electron chi connectivity index (χ2n) is 5.05. The third-order valence-electron chi connectivity index (χ3n) is 3.71. The molecule has 0 radical (unpaired) electrons. The van der Waals surface area contributed by atoms with Crippen molar-refractivity contribution < 1.29 is 19.6 Å². The van der Waals surface area contributed by atoms with Gasteiger partial charge in [0.1, 0.15) is 11.4 Å². The molecule has 0 spiro atoms. The first kappa shape index (κ1) is 15.4. The fourth-order valence-electron chi connectivity index (χ4n) is 2.71. The van der Waals surface area contributed by atoms with E-state index in [-0.39, 0.29) is 11.8 Å². The molecular weight excluding hydrogens is 278 g/mol. The van der Waals surface area contributed by atoms with Gasteiger partial charge >= 0.3 is 11.7 Å². The molecule has 21 heavy (non-hydrogen) atoms. The fourth-order valence-corrected chi connectivity index (χ4v) is 2.71. The van der Waals surface area contributed by atoms with Gasteiger partial charge in [0.25, 0.3) is 0 Å². The van der Waals surface area contributed by atoms with Crippen molar-refractivity contribution in [1.29, 1.82) is 0 Å². The van der Waals surface area contributed by atoms with E-state index in [1.807, 2.05) is 13.8 Å². The Kier molecular flexibility index (Phi) is 4.56. The van der Waals surface area contributed by atoms with Crippen LogP contribution in [0.1, 0.15) is 38.1 Å². The van der Waals surface area contributed by atoms with Gasteiger partial charge in [0, 0.05) is 0 Å². The van der Waals surface area contributed by atoms with Crippen LogP contribution in [0.5, 0.6) is 0 Å². The summed E-state index contributed by atoms with van der Waals surface area (Å²) in [5, 5.41) is 24.4. The van der Waals surface area contributed by atoms with Crippen molar-refractivity contribution in [2.45, 2.75) is 58.3 Å². The lowest BCUT2D eigenvalue weighted by molar-refractivity contribution is -0.386. The molecule has 0 bridgehead atoms. The average molecular weight is 297 g/mol. The van der Waals surface area contributed by atoms with Gasteiger partial charge in [-0.15, -0.1) is 0 Å². The van der Waals surface area contributed by atoms with Crippen LogP contribution >= 0.6 is 0 Å². The van der Waals surface area contributed by atoms with Gasteiger partial charge in [-0.2, -0.15) is 5.10 Å². The van der Waals surface area contributed by atoms with Crippen molar-refractivity contribution in [1.82, 2.24) is 9.78 Å². The number of carboxylic acids is 1. The number of rotatable bonds is 6. The van der Waals surface area contributed by atoms with Crippen LogP contribution in [-0.2, 0) is 28.9 Å². The molecule has 0 amide bonds. The maximum atomic E-state index is 11.2. The molecule has 0 aliphatic carbocycles. The van der Waals surface area contributed by atoms with E-state index in [9.17, 15) is 14.9 Å². The first-order chi connectivity index (χ1) is 9.97. The molecule has 1 aromatic heterocycles. The SMILES string of the molecule is CCc1nn(CC2CCC(C(=O)O)O2)c(CC)c1[N+](=O)[O-]. The number of aliphatic carboxylic acids is 1. The van der Waals surface area contributed by atoms with Crippen LogP contribution in [-0.4, -0.2) is 38.0 Å². The van der Waals surface area contributed by atoms with Gasteiger partial charge in [-0.25, -0.2) is 4.79 Å². The summed E-state index contributed by atoms with van der Waals surface area (Å²) in [6, 6.07) is 0. The number of aromatic nitrogens is 2. The zero-order valence-electron chi connectivity index (χ0n) is 12.1. The molecule has 1 fully saturated rings. The zero-order valence-corrected chi connectivity index (χ0v) is 12.1. The molecular formula is C13H19N3O5. The molecule has 2 unspecified atom stereocenters. The summed E-state index contributed by atoms with van der Waals surface area (Å²) in [7, 11) is 0. The van der Waals surface area contributed by atoms with E-state index in [0.717, 1.165) is 0 Å². The van der Waals surface area contributed by atoms with Crippen LogP contribution in [0.25, 0.3) is 0 Å². The van der Waals surface area contributed by atoms with Gasteiger partial charge < -0.3 is 9.84 Å². The first-order valence-corrected chi connectivity index (χ1v) is 7.09. The normalized spacial score (nSPS) is 21.6. The standard InChI is InChI=1S/C13H19N3O5/c1-3-9-12(16(19)20)10(4-2)15(14-9)7-8-5-6-11(21-8)13(17)18/h8,11H,3-7H2,1-2H3,(H,17,18). The van der Waals surface area contributed by atoms with Crippen LogP contribution in [0.3, 0.4) is 0 Å². The summed E-state index contributed by atoms with van der Waals surface area (Å²) in [6.07, 6.45) is 1.02. The second kappa shape index (κ2) is 6.21. The first-order valence-electron chi connectivity index (χ1n) is 7.09. The molecule has 0 saturated carbocycles. The highest BCUT2D eigenvalue weighted by Crippen LogP contribution is 2.27. The van der Waals surface area contributed by atoms with Crippen molar-refractivity contribution >= 4 is 11.7 Å². The number of ether oxygens (including phenoxy) is 1. The van der Waals surface area contributed by atoms with Gasteiger partial charge in [0.05, 0.1) is 17.6 Å². The van der Waals surface area contributed by atoms with E-state index in [2.05, 4.69) is 5.10 Å². The Morgan fingerprint density at radius 2 is 2.19 bits per heavy atom. The Labute approximate surface area is 121 Å². The number of nitrogens with zero attached hydrogens (tertiary/aromatic N) is 3. The largest absolute Gasteiger partial charge is 0.479 e. The monoisotopic (exact) mass is 297 g/mol. The lowest BCUT2D eigenvalue weighted by atomic mass is 10.2. The predicted octanol–water partition coefficient (Wildman–Crippen LogP) is 1.55.